The van der Waals surface area contributed by atoms with Crippen molar-refractivity contribution in [2.75, 3.05) is 0 Å². The molecule has 4 heterocycles. The van der Waals surface area contributed by atoms with Gasteiger partial charge in [-0.15, -0.1) is 21.5 Å². The molecule has 0 aliphatic heterocycles. The van der Waals surface area contributed by atoms with Gasteiger partial charge in [0.05, 0.1) is 21.5 Å². The van der Waals surface area contributed by atoms with E-state index in [-0.39, 0.29) is 5.56 Å². The largest absolute Gasteiger partial charge is 0.338 e. The Bertz CT molecular complexity index is 1400. The van der Waals surface area contributed by atoms with Crippen molar-refractivity contribution in [1.29, 1.82) is 0 Å². The molecule has 0 unspecified atom stereocenters. The second kappa shape index (κ2) is 8.27. The molecule has 1 aromatic carbocycles. The van der Waals surface area contributed by atoms with Gasteiger partial charge in [-0.2, -0.15) is 4.98 Å². The Labute approximate surface area is 185 Å². The fourth-order valence-electron chi connectivity index (χ4n) is 3.36. The van der Waals surface area contributed by atoms with Crippen LogP contribution in [0.25, 0.3) is 27.4 Å². The van der Waals surface area contributed by atoms with E-state index in [4.69, 9.17) is 4.52 Å². The van der Waals surface area contributed by atoms with Crippen LogP contribution in [0.1, 0.15) is 26.2 Å². The SMILES string of the molecule is CC(C)CCn1c(=O)c2ccccc2n2c(SCc3nc(-c4cccs4)no3)nnc12. The van der Waals surface area contributed by atoms with Gasteiger partial charge < -0.3 is 4.52 Å². The van der Waals surface area contributed by atoms with E-state index in [0.29, 0.717) is 46.3 Å². The molecule has 5 aromatic rings. The summed E-state index contributed by atoms with van der Waals surface area (Å²) in [6.07, 6.45) is 0.886. The lowest BCUT2D eigenvalue weighted by molar-refractivity contribution is 0.391. The number of benzene rings is 1. The van der Waals surface area contributed by atoms with Crippen LogP contribution in [0.3, 0.4) is 0 Å². The quantitative estimate of drug-likeness (QED) is 0.336. The van der Waals surface area contributed by atoms with Gasteiger partial charge in [-0.3, -0.25) is 13.8 Å². The molecule has 0 spiro atoms. The zero-order valence-corrected chi connectivity index (χ0v) is 18.7. The summed E-state index contributed by atoms with van der Waals surface area (Å²) in [5.74, 6) is 2.59. The first-order valence-corrected chi connectivity index (χ1v) is 11.8. The summed E-state index contributed by atoms with van der Waals surface area (Å²) in [5, 5.41) is 16.1. The molecular weight excluding hydrogens is 432 g/mol. The monoisotopic (exact) mass is 452 g/mol. The van der Waals surface area contributed by atoms with Crippen LogP contribution in [0.15, 0.2) is 56.3 Å². The molecule has 0 aliphatic carbocycles. The Hall–Kier alpha value is -2.98. The molecule has 5 rings (SSSR count). The molecule has 0 amide bonds. The fourth-order valence-corrected chi connectivity index (χ4v) is 4.79. The summed E-state index contributed by atoms with van der Waals surface area (Å²) >= 11 is 3.02. The smallest absolute Gasteiger partial charge is 0.262 e. The average molecular weight is 453 g/mol. The van der Waals surface area contributed by atoms with E-state index in [0.717, 1.165) is 16.8 Å². The van der Waals surface area contributed by atoms with Crippen molar-refractivity contribution < 1.29 is 4.52 Å². The Balaban J connectivity index is 1.52. The molecule has 4 aromatic heterocycles. The van der Waals surface area contributed by atoms with Crippen molar-refractivity contribution >= 4 is 39.8 Å². The predicted octanol–water partition coefficient (Wildman–Crippen LogP) is 4.49. The van der Waals surface area contributed by atoms with Gasteiger partial charge in [0.2, 0.25) is 17.5 Å². The Morgan fingerprint density at radius 2 is 2.03 bits per heavy atom. The first kappa shape index (κ1) is 20.0. The molecule has 8 nitrogen and oxygen atoms in total. The fraction of sp³-hybridized carbons (Fsp3) is 0.286. The van der Waals surface area contributed by atoms with Gasteiger partial charge in [0.25, 0.3) is 5.56 Å². The lowest BCUT2D eigenvalue weighted by atomic mass is 10.1. The van der Waals surface area contributed by atoms with Crippen LogP contribution in [-0.4, -0.2) is 29.3 Å². The molecule has 0 bridgehead atoms. The first-order valence-electron chi connectivity index (χ1n) is 9.97. The number of hydrogen-bond acceptors (Lipinski definition) is 8. The highest BCUT2D eigenvalue weighted by Crippen LogP contribution is 2.26. The number of aryl methyl sites for hydroxylation is 1. The predicted molar refractivity (Wildman–Crippen MR) is 121 cm³/mol. The maximum absolute atomic E-state index is 13.1. The van der Waals surface area contributed by atoms with Gasteiger partial charge in [-0.25, -0.2) is 0 Å². The van der Waals surface area contributed by atoms with Gasteiger partial charge in [-0.1, -0.05) is 49.0 Å². The summed E-state index contributed by atoms with van der Waals surface area (Å²) < 4.78 is 9.07. The highest BCUT2D eigenvalue weighted by Gasteiger charge is 2.18. The number of rotatable bonds is 7. The molecule has 0 fully saturated rings. The number of aromatic nitrogens is 6. The summed E-state index contributed by atoms with van der Waals surface area (Å²) in [5.41, 5.74) is 0.755. The number of hydrogen-bond donors (Lipinski definition) is 0. The van der Waals surface area contributed by atoms with Crippen LogP contribution < -0.4 is 5.56 Å². The molecule has 0 N–H and O–H groups in total. The van der Waals surface area contributed by atoms with Gasteiger partial charge >= 0.3 is 0 Å². The van der Waals surface area contributed by atoms with Crippen molar-refractivity contribution in [2.45, 2.75) is 37.7 Å². The van der Waals surface area contributed by atoms with E-state index >= 15 is 0 Å². The normalized spacial score (nSPS) is 11.8. The minimum absolute atomic E-state index is 0.0369. The van der Waals surface area contributed by atoms with E-state index in [2.05, 4.69) is 34.2 Å². The first-order chi connectivity index (χ1) is 15.1. The van der Waals surface area contributed by atoms with Crippen LogP contribution in [0.5, 0.6) is 0 Å². The Morgan fingerprint density at radius 1 is 1.16 bits per heavy atom. The third kappa shape index (κ3) is 3.77. The van der Waals surface area contributed by atoms with Crippen molar-refractivity contribution in [3.05, 3.63) is 58.0 Å². The minimum Gasteiger partial charge on any atom is -0.338 e. The zero-order valence-electron chi connectivity index (χ0n) is 17.1. The van der Waals surface area contributed by atoms with Gasteiger partial charge in [-0.05, 0) is 35.9 Å². The molecule has 0 saturated heterocycles. The van der Waals surface area contributed by atoms with Crippen LogP contribution in [0.4, 0.5) is 0 Å². The number of thiophene rings is 1. The molecule has 0 aliphatic rings. The van der Waals surface area contributed by atoms with Crippen LogP contribution in [0, 0.1) is 5.92 Å². The van der Waals surface area contributed by atoms with E-state index in [1.165, 1.54) is 11.8 Å². The molecule has 0 saturated carbocycles. The molecule has 0 atom stereocenters. The van der Waals surface area contributed by atoms with Crippen molar-refractivity contribution in [2.24, 2.45) is 5.92 Å². The second-order valence-corrected chi connectivity index (χ2v) is 9.44. The maximum atomic E-state index is 13.1. The summed E-state index contributed by atoms with van der Waals surface area (Å²) in [4.78, 5) is 18.5. The standard InChI is InChI=1S/C21H20N6O2S2/c1-13(2)9-10-26-19(28)14-6-3-4-7-15(14)27-20(26)23-24-21(27)31-12-17-22-18(25-29-17)16-8-5-11-30-16/h3-8,11,13H,9-10,12H2,1-2H3. The molecule has 31 heavy (non-hydrogen) atoms. The van der Waals surface area contributed by atoms with E-state index in [9.17, 15) is 4.79 Å². The Morgan fingerprint density at radius 3 is 2.84 bits per heavy atom. The van der Waals surface area contributed by atoms with E-state index < -0.39 is 0 Å². The maximum Gasteiger partial charge on any atom is 0.262 e. The number of thioether (sulfide) groups is 1. The van der Waals surface area contributed by atoms with E-state index in [1.807, 2.05) is 46.2 Å². The van der Waals surface area contributed by atoms with Gasteiger partial charge in [0.1, 0.15) is 0 Å². The second-order valence-electron chi connectivity index (χ2n) is 7.55. The topological polar surface area (TPSA) is 91.1 Å². The summed E-state index contributed by atoms with van der Waals surface area (Å²) in [6, 6.07) is 11.5. The highest BCUT2D eigenvalue weighted by molar-refractivity contribution is 7.98. The molecule has 10 heteroatoms. The van der Waals surface area contributed by atoms with Gasteiger partial charge in [0, 0.05) is 6.54 Å². The third-order valence-electron chi connectivity index (χ3n) is 4.94. The number of para-hydroxylation sites is 1. The lowest BCUT2D eigenvalue weighted by Gasteiger charge is -2.12. The Kier molecular flexibility index (Phi) is 5.33. The van der Waals surface area contributed by atoms with E-state index in [1.54, 1.807) is 15.9 Å². The lowest BCUT2D eigenvalue weighted by Crippen LogP contribution is -2.24. The summed E-state index contributed by atoms with van der Waals surface area (Å²) in [6.45, 7) is 4.88. The average Bonchev–Trinajstić information content (AvgIpc) is 3.52. The van der Waals surface area contributed by atoms with Crippen LogP contribution in [0.2, 0.25) is 0 Å². The van der Waals surface area contributed by atoms with Gasteiger partial charge in [0.15, 0.2) is 5.16 Å². The van der Waals surface area contributed by atoms with Crippen molar-refractivity contribution in [1.82, 2.24) is 29.3 Å². The number of nitrogens with zero attached hydrogens (tertiary/aromatic N) is 6. The minimum atomic E-state index is -0.0369. The van der Waals surface area contributed by atoms with Crippen LogP contribution >= 0.6 is 23.1 Å². The van der Waals surface area contributed by atoms with Crippen molar-refractivity contribution in [3.63, 3.8) is 0 Å². The third-order valence-corrected chi connectivity index (χ3v) is 6.72. The zero-order chi connectivity index (χ0) is 21.4. The number of fused-ring (bicyclic) bond motifs is 3. The summed E-state index contributed by atoms with van der Waals surface area (Å²) in [7, 11) is 0. The van der Waals surface area contributed by atoms with Crippen molar-refractivity contribution in [3.8, 4) is 10.7 Å². The van der Waals surface area contributed by atoms with Crippen LogP contribution in [-0.2, 0) is 12.3 Å². The molecule has 158 valence electrons. The molecule has 0 radical (unpaired) electrons. The molecular formula is C21H20N6O2S2. The highest BCUT2D eigenvalue weighted by atomic mass is 32.2.